The lowest BCUT2D eigenvalue weighted by molar-refractivity contribution is -0.219. The number of hydrogen-bond donors (Lipinski definition) is 2. The molecule has 178 valence electrons. The van der Waals surface area contributed by atoms with E-state index in [4.69, 9.17) is 0 Å². The van der Waals surface area contributed by atoms with E-state index in [0.29, 0.717) is 24.8 Å². The highest BCUT2D eigenvalue weighted by Crippen LogP contribution is 2.70. The van der Waals surface area contributed by atoms with Gasteiger partial charge in [-0.05, 0) is 56.6 Å². The molecule has 0 saturated heterocycles. The van der Waals surface area contributed by atoms with Crippen LogP contribution in [0.25, 0.3) is 0 Å². The molecule has 2 N–H and O–H groups in total. The molecule has 0 aromatic carbocycles. The van der Waals surface area contributed by atoms with Crippen LogP contribution in [0, 0.1) is 28.6 Å². The Kier molecular flexibility index (Phi) is 5.22. The Morgan fingerprint density at radius 1 is 1.31 bits per heavy atom. The third-order valence-electron chi connectivity index (χ3n) is 9.05. The third-order valence-corrected chi connectivity index (χ3v) is 9.60. The Morgan fingerprint density at radius 3 is 2.59 bits per heavy atom. The number of rotatable bonds is 4. The van der Waals surface area contributed by atoms with Gasteiger partial charge in [-0.15, -0.1) is 0 Å². The summed E-state index contributed by atoms with van der Waals surface area (Å²) in [7, 11) is -3.89. The second-order valence-electron chi connectivity index (χ2n) is 10.6. The fourth-order valence-electron chi connectivity index (χ4n) is 7.41. The SMILES string of the molecule is C[C@H]1C[C@H]2C3CCC4=CC(=O)C=C[C@]4(C)[C@@]3(F)[C@@H](O)C[C@]2(C)[C@@]1(O)C(=O)COS(C)(=O)=O. The number of carbonyl (C=O) groups is 2. The topological polar surface area (TPSA) is 118 Å². The zero-order chi connectivity index (χ0) is 23.9. The van der Waals surface area contributed by atoms with E-state index in [0.717, 1.165) is 6.26 Å². The zero-order valence-corrected chi connectivity index (χ0v) is 19.6. The largest absolute Gasteiger partial charge is 0.390 e. The van der Waals surface area contributed by atoms with E-state index in [-0.39, 0.29) is 12.2 Å². The molecular formula is C23H31FO7S. The molecule has 9 heteroatoms. The predicted octanol–water partition coefficient (Wildman–Crippen LogP) is 1.88. The van der Waals surface area contributed by atoms with Gasteiger partial charge in [-0.2, -0.15) is 8.42 Å². The number of aliphatic hydroxyl groups is 2. The summed E-state index contributed by atoms with van der Waals surface area (Å²) in [6, 6.07) is 0. The van der Waals surface area contributed by atoms with Crippen LogP contribution in [-0.4, -0.2) is 60.4 Å². The molecule has 0 aromatic heterocycles. The van der Waals surface area contributed by atoms with E-state index in [2.05, 4.69) is 4.18 Å². The number of halogens is 1. The van der Waals surface area contributed by atoms with E-state index in [9.17, 15) is 28.2 Å². The van der Waals surface area contributed by atoms with Gasteiger partial charge in [0.25, 0.3) is 10.1 Å². The van der Waals surface area contributed by atoms with Gasteiger partial charge in [0.2, 0.25) is 0 Å². The Hall–Kier alpha value is -1.42. The zero-order valence-electron chi connectivity index (χ0n) is 18.8. The van der Waals surface area contributed by atoms with Gasteiger partial charge in [0.1, 0.15) is 12.2 Å². The Morgan fingerprint density at radius 2 is 1.97 bits per heavy atom. The summed E-state index contributed by atoms with van der Waals surface area (Å²) in [6.07, 6.45) is 4.75. The molecule has 0 heterocycles. The number of carbonyl (C=O) groups excluding carboxylic acids is 2. The summed E-state index contributed by atoms with van der Waals surface area (Å²) in [4.78, 5) is 25.0. The normalized spacial score (nSPS) is 48.0. The molecule has 0 radical (unpaired) electrons. The first-order valence-electron chi connectivity index (χ1n) is 11.0. The standard InChI is InChI=1S/C23H31FO7S/c1-13-9-17-16-6-5-14-10-15(25)7-8-20(14,2)22(16,24)18(26)11-21(17,3)23(13,28)19(27)12-31-32(4,29)30/h7-8,10,13,16-18,26,28H,5-6,9,11-12H2,1-4H3/t13-,16?,17-,18-,20-,21-,22-,23-/m0/s1. The Balaban J connectivity index is 1.75. The van der Waals surface area contributed by atoms with E-state index in [1.807, 2.05) is 0 Å². The predicted molar refractivity (Wildman–Crippen MR) is 114 cm³/mol. The highest BCUT2D eigenvalue weighted by Gasteiger charge is 2.75. The van der Waals surface area contributed by atoms with Crippen LogP contribution in [0.15, 0.2) is 23.8 Å². The molecule has 32 heavy (non-hydrogen) atoms. The number of allylic oxidation sites excluding steroid dienone is 4. The van der Waals surface area contributed by atoms with E-state index >= 15 is 4.39 Å². The van der Waals surface area contributed by atoms with Crippen LogP contribution < -0.4 is 0 Å². The van der Waals surface area contributed by atoms with Crippen molar-refractivity contribution in [2.75, 3.05) is 12.9 Å². The van der Waals surface area contributed by atoms with Gasteiger partial charge >= 0.3 is 0 Å². The minimum Gasteiger partial charge on any atom is -0.390 e. The lowest BCUT2D eigenvalue weighted by atomic mass is 9.44. The minimum absolute atomic E-state index is 0.166. The average molecular weight is 471 g/mol. The molecule has 3 fully saturated rings. The average Bonchev–Trinajstić information content (AvgIpc) is 2.89. The molecule has 8 atom stereocenters. The Bertz CT molecular complexity index is 1030. The molecule has 4 aliphatic carbocycles. The number of Topliss-reactive ketones (excluding diaryl/α,β-unsaturated/α-hetero) is 1. The molecule has 0 aromatic rings. The van der Waals surface area contributed by atoms with Crippen molar-refractivity contribution in [3.63, 3.8) is 0 Å². The van der Waals surface area contributed by atoms with Gasteiger partial charge in [0.05, 0.1) is 12.4 Å². The number of alkyl halides is 1. The monoisotopic (exact) mass is 470 g/mol. The van der Waals surface area contributed by atoms with E-state index in [1.54, 1.807) is 26.8 Å². The second-order valence-corrected chi connectivity index (χ2v) is 12.2. The van der Waals surface area contributed by atoms with Gasteiger partial charge in [0.15, 0.2) is 17.2 Å². The summed E-state index contributed by atoms with van der Waals surface area (Å²) >= 11 is 0. The van der Waals surface area contributed by atoms with Crippen molar-refractivity contribution in [1.82, 2.24) is 0 Å². The van der Waals surface area contributed by atoms with Crippen molar-refractivity contribution in [3.05, 3.63) is 23.8 Å². The molecule has 7 nitrogen and oxygen atoms in total. The first-order chi connectivity index (χ1) is 14.6. The summed E-state index contributed by atoms with van der Waals surface area (Å²) in [5.74, 6) is -2.60. The van der Waals surface area contributed by atoms with Gasteiger partial charge in [0, 0.05) is 16.7 Å². The number of hydrogen-bond acceptors (Lipinski definition) is 7. The number of ketones is 2. The van der Waals surface area contributed by atoms with E-state index in [1.165, 1.54) is 12.2 Å². The first kappa shape index (κ1) is 23.7. The van der Waals surface area contributed by atoms with Crippen LogP contribution in [0.1, 0.15) is 46.5 Å². The van der Waals surface area contributed by atoms with Crippen LogP contribution in [0.4, 0.5) is 4.39 Å². The van der Waals surface area contributed by atoms with Gasteiger partial charge in [-0.25, -0.2) is 4.39 Å². The Labute approximate surface area is 187 Å². The van der Waals surface area contributed by atoms with Crippen molar-refractivity contribution < 1.29 is 36.8 Å². The van der Waals surface area contributed by atoms with Gasteiger partial charge in [-0.3, -0.25) is 13.8 Å². The number of fused-ring (bicyclic) bond motifs is 5. The quantitative estimate of drug-likeness (QED) is 0.602. The fraction of sp³-hybridized carbons (Fsp3) is 0.739. The van der Waals surface area contributed by atoms with Gasteiger partial charge < -0.3 is 10.2 Å². The van der Waals surface area contributed by atoms with Gasteiger partial charge in [-0.1, -0.05) is 25.5 Å². The van der Waals surface area contributed by atoms with Crippen molar-refractivity contribution >= 4 is 21.7 Å². The molecule has 4 aliphatic rings. The molecule has 0 amide bonds. The van der Waals surface area contributed by atoms with E-state index < -0.39 is 68.5 Å². The highest BCUT2D eigenvalue weighted by atomic mass is 32.2. The molecule has 3 saturated carbocycles. The summed E-state index contributed by atoms with van der Waals surface area (Å²) in [5, 5.41) is 22.9. The van der Waals surface area contributed by atoms with Crippen LogP contribution in [-0.2, 0) is 23.9 Å². The van der Waals surface area contributed by atoms with Crippen LogP contribution in [0.2, 0.25) is 0 Å². The maximum Gasteiger partial charge on any atom is 0.264 e. The maximum atomic E-state index is 17.0. The second kappa shape index (κ2) is 7.04. The fourth-order valence-corrected chi connectivity index (χ4v) is 7.73. The van der Waals surface area contributed by atoms with Crippen LogP contribution in [0.3, 0.4) is 0 Å². The molecular weight excluding hydrogens is 439 g/mol. The van der Waals surface area contributed by atoms with Crippen LogP contribution in [0.5, 0.6) is 0 Å². The lowest BCUT2D eigenvalue weighted by Gasteiger charge is -2.62. The molecule has 0 aliphatic heterocycles. The third kappa shape index (κ3) is 2.90. The molecule has 1 unspecified atom stereocenters. The summed E-state index contributed by atoms with van der Waals surface area (Å²) < 4.78 is 44.5. The first-order valence-corrected chi connectivity index (χ1v) is 12.8. The number of aliphatic hydroxyl groups excluding tert-OH is 1. The van der Waals surface area contributed by atoms with Crippen LogP contribution >= 0.6 is 0 Å². The van der Waals surface area contributed by atoms with Crippen molar-refractivity contribution in [2.24, 2.45) is 28.6 Å². The molecule has 4 rings (SSSR count). The van der Waals surface area contributed by atoms with Crippen molar-refractivity contribution in [2.45, 2.75) is 63.8 Å². The molecule has 0 bridgehead atoms. The highest BCUT2D eigenvalue weighted by molar-refractivity contribution is 7.86. The minimum atomic E-state index is -3.89. The smallest absolute Gasteiger partial charge is 0.264 e. The summed E-state index contributed by atoms with van der Waals surface area (Å²) in [5.41, 5.74) is -5.67. The van der Waals surface area contributed by atoms with Crippen molar-refractivity contribution in [1.29, 1.82) is 0 Å². The maximum absolute atomic E-state index is 17.0. The van der Waals surface area contributed by atoms with Crippen molar-refractivity contribution in [3.8, 4) is 0 Å². The summed E-state index contributed by atoms with van der Waals surface area (Å²) in [6.45, 7) is 4.29. The molecule has 0 spiro atoms. The lowest BCUT2D eigenvalue weighted by Crippen LogP contribution is -2.69.